The van der Waals surface area contributed by atoms with Gasteiger partial charge in [0.25, 0.3) is 0 Å². The molecule has 144 valence electrons. The Labute approximate surface area is 163 Å². The first kappa shape index (κ1) is 19.8. The third kappa shape index (κ3) is 3.85. The molecule has 3 rings (SSSR count). The van der Waals surface area contributed by atoms with E-state index < -0.39 is 10.0 Å². The van der Waals surface area contributed by atoms with Crippen LogP contribution in [0.3, 0.4) is 0 Å². The zero-order valence-electron chi connectivity index (χ0n) is 16.1. The summed E-state index contributed by atoms with van der Waals surface area (Å²) < 4.78 is 30.8. The van der Waals surface area contributed by atoms with Gasteiger partial charge in [-0.05, 0) is 69.5 Å². The summed E-state index contributed by atoms with van der Waals surface area (Å²) in [5.74, 6) is 0. The minimum Gasteiger partial charge on any atom is -0.296 e. The Morgan fingerprint density at radius 3 is 2.33 bits per heavy atom. The van der Waals surface area contributed by atoms with Gasteiger partial charge in [0.15, 0.2) is 0 Å². The van der Waals surface area contributed by atoms with E-state index in [0.717, 1.165) is 28.0 Å². The molecule has 0 radical (unpaired) electrons. The summed E-state index contributed by atoms with van der Waals surface area (Å²) in [6, 6.07) is 10.4. The molecule has 1 aromatic heterocycles. The Kier molecular flexibility index (Phi) is 5.29. The van der Waals surface area contributed by atoms with Crippen LogP contribution in [0.25, 0.3) is 10.2 Å². The maximum Gasteiger partial charge on any atom is 0.308 e. The molecule has 0 spiro atoms. The lowest BCUT2D eigenvalue weighted by molar-refractivity contribution is 0.567. The van der Waals surface area contributed by atoms with Gasteiger partial charge in [-0.3, -0.25) is 9.36 Å². The zero-order valence-corrected chi connectivity index (χ0v) is 17.7. The molecule has 0 bridgehead atoms. The van der Waals surface area contributed by atoms with Crippen LogP contribution in [-0.2, 0) is 10.0 Å². The molecule has 1 atom stereocenters. The lowest BCUT2D eigenvalue weighted by Gasteiger charge is -2.16. The number of thiazole rings is 1. The van der Waals surface area contributed by atoms with Crippen molar-refractivity contribution < 1.29 is 8.42 Å². The zero-order chi connectivity index (χ0) is 19.9. The van der Waals surface area contributed by atoms with Crippen molar-refractivity contribution in [2.24, 2.45) is 0 Å². The Hall–Kier alpha value is -1.96. The highest BCUT2D eigenvalue weighted by Crippen LogP contribution is 2.25. The van der Waals surface area contributed by atoms with E-state index in [1.165, 1.54) is 5.56 Å². The molecule has 1 N–H and O–H groups in total. The Morgan fingerprint density at radius 1 is 1.00 bits per heavy atom. The van der Waals surface area contributed by atoms with Crippen LogP contribution in [0, 0.1) is 13.8 Å². The number of nitrogens with zero attached hydrogens (tertiary/aromatic N) is 1. The molecule has 5 nitrogen and oxygen atoms in total. The van der Waals surface area contributed by atoms with Gasteiger partial charge in [-0.2, -0.15) is 0 Å². The van der Waals surface area contributed by atoms with E-state index in [2.05, 4.69) is 4.72 Å². The number of benzene rings is 2. The summed E-state index contributed by atoms with van der Waals surface area (Å²) in [7, 11) is -3.70. The lowest BCUT2D eigenvalue weighted by atomic mass is 10.0. The molecule has 0 saturated carbocycles. The highest BCUT2D eigenvalue weighted by molar-refractivity contribution is 7.89. The largest absolute Gasteiger partial charge is 0.308 e. The minimum atomic E-state index is -3.70. The third-order valence-corrected chi connectivity index (χ3v) is 7.23. The van der Waals surface area contributed by atoms with E-state index in [4.69, 9.17) is 0 Å². The van der Waals surface area contributed by atoms with Crippen LogP contribution in [0.2, 0.25) is 0 Å². The van der Waals surface area contributed by atoms with Crippen LogP contribution in [0.5, 0.6) is 0 Å². The maximum atomic E-state index is 12.8. The van der Waals surface area contributed by atoms with Gasteiger partial charge in [0.05, 0.1) is 15.1 Å². The SMILES string of the molecule is Cc1ccc(C(C)NS(=O)(=O)c2ccc3c(c2)sc(=O)n3C(C)C)cc1C. The smallest absolute Gasteiger partial charge is 0.296 e. The van der Waals surface area contributed by atoms with Gasteiger partial charge in [0, 0.05) is 12.1 Å². The van der Waals surface area contributed by atoms with Gasteiger partial charge in [0.1, 0.15) is 0 Å². The monoisotopic (exact) mass is 404 g/mol. The Bertz CT molecular complexity index is 1160. The van der Waals surface area contributed by atoms with E-state index >= 15 is 0 Å². The lowest BCUT2D eigenvalue weighted by Crippen LogP contribution is -2.27. The molecule has 27 heavy (non-hydrogen) atoms. The molecule has 0 aliphatic rings. The van der Waals surface area contributed by atoms with Crippen LogP contribution >= 0.6 is 11.3 Å². The molecule has 0 fully saturated rings. The second-order valence-electron chi connectivity index (χ2n) is 7.15. The Morgan fingerprint density at radius 2 is 1.70 bits per heavy atom. The van der Waals surface area contributed by atoms with Crippen molar-refractivity contribution in [1.29, 1.82) is 0 Å². The number of nitrogens with one attached hydrogen (secondary N) is 1. The Balaban J connectivity index is 1.94. The average molecular weight is 405 g/mol. The molecule has 1 heterocycles. The quantitative estimate of drug-likeness (QED) is 0.689. The van der Waals surface area contributed by atoms with Gasteiger partial charge < -0.3 is 0 Å². The summed E-state index contributed by atoms with van der Waals surface area (Å²) in [4.78, 5) is 12.3. The average Bonchev–Trinajstić information content (AvgIpc) is 2.91. The van der Waals surface area contributed by atoms with Crippen LogP contribution in [0.4, 0.5) is 0 Å². The molecule has 0 aliphatic heterocycles. The van der Waals surface area contributed by atoms with Gasteiger partial charge in [-0.25, -0.2) is 13.1 Å². The van der Waals surface area contributed by atoms with Crippen molar-refractivity contribution in [3.63, 3.8) is 0 Å². The van der Waals surface area contributed by atoms with Crippen molar-refractivity contribution in [1.82, 2.24) is 9.29 Å². The summed E-state index contributed by atoms with van der Waals surface area (Å²) in [6.45, 7) is 9.73. The summed E-state index contributed by atoms with van der Waals surface area (Å²) in [5, 5.41) is 0. The molecule has 0 amide bonds. The first-order valence-corrected chi connectivity index (χ1v) is 11.1. The summed E-state index contributed by atoms with van der Waals surface area (Å²) in [6.07, 6.45) is 0. The number of hydrogen-bond donors (Lipinski definition) is 1. The van der Waals surface area contributed by atoms with Crippen LogP contribution < -0.4 is 9.60 Å². The second-order valence-corrected chi connectivity index (χ2v) is 9.86. The molecular weight excluding hydrogens is 380 g/mol. The summed E-state index contributed by atoms with van der Waals surface area (Å²) in [5.41, 5.74) is 3.98. The maximum absolute atomic E-state index is 12.8. The first-order chi connectivity index (χ1) is 12.6. The number of hydrogen-bond acceptors (Lipinski definition) is 4. The van der Waals surface area contributed by atoms with Crippen molar-refractivity contribution >= 4 is 31.6 Å². The third-order valence-electron chi connectivity index (χ3n) is 4.77. The van der Waals surface area contributed by atoms with E-state index in [9.17, 15) is 13.2 Å². The molecule has 0 aliphatic carbocycles. The topological polar surface area (TPSA) is 68.2 Å². The van der Waals surface area contributed by atoms with E-state index in [1.54, 1.807) is 22.8 Å². The number of rotatable bonds is 5. The number of aromatic nitrogens is 1. The standard InChI is InChI=1S/C20H24N2O3S2/c1-12(2)22-18-9-8-17(11-19(18)26-20(22)23)27(24,25)21-15(5)16-7-6-13(3)14(4)10-16/h6-12,15,21H,1-5H3. The molecule has 3 aromatic rings. The highest BCUT2D eigenvalue weighted by Gasteiger charge is 2.20. The van der Waals surface area contributed by atoms with Gasteiger partial charge in [-0.1, -0.05) is 29.5 Å². The number of fused-ring (bicyclic) bond motifs is 1. The van der Waals surface area contributed by atoms with Crippen molar-refractivity contribution in [2.75, 3.05) is 0 Å². The second kappa shape index (κ2) is 7.22. The van der Waals surface area contributed by atoms with Crippen LogP contribution in [0.15, 0.2) is 46.1 Å². The predicted octanol–water partition coefficient (Wildman–Crippen LogP) is 4.30. The number of aryl methyl sites for hydroxylation is 2. The van der Waals surface area contributed by atoms with Crippen molar-refractivity contribution in [3.05, 3.63) is 62.8 Å². The molecule has 7 heteroatoms. The normalized spacial score (nSPS) is 13.4. The fraction of sp³-hybridized carbons (Fsp3) is 0.350. The van der Waals surface area contributed by atoms with Crippen molar-refractivity contribution in [3.8, 4) is 0 Å². The number of sulfonamides is 1. The molecule has 0 saturated heterocycles. The molecular formula is C20H24N2O3S2. The van der Waals surface area contributed by atoms with Gasteiger partial charge in [0.2, 0.25) is 10.0 Å². The summed E-state index contributed by atoms with van der Waals surface area (Å²) >= 11 is 1.07. The van der Waals surface area contributed by atoms with Crippen LogP contribution in [-0.4, -0.2) is 13.0 Å². The van der Waals surface area contributed by atoms with Crippen molar-refractivity contribution in [2.45, 2.75) is 51.6 Å². The minimum absolute atomic E-state index is 0.0247. The fourth-order valence-electron chi connectivity index (χ4n) is 3.08. The molecule has 2 aromatic carbocycles. The first-order valence-electron chi connectivity index (χ1n) is 8.84. The van der Waals surface area contributed by atoms with E-state index in [0.29, 0.717) is 4.70 Å². The highest BCUT2D eigenvalue weighted by atomic mass is 32.2. The van der Waals surface area contributed by atoms with E-state index in [-0.39, 0.29) is 21.9 Å². The van der Waals surface area contributed by atoms with E-state index in [1.807, 2.05) is 52.8 Å². The van der Waals surface area contributed by atoms with Gasteiger partial charge >= 0.3 is 4.87 Å². The predicted molar refractivity (Wildman–Crippen MR) is 111 cm³/mol. The van der Waals surface area contributed by atoms with Gasteiger partial charge in [-0.15, -0.1) is 0 Å². The fourth-order valence-corrected chi connectivity index (χ4v) is 5.46. The molecule has 1 unspecified atom stereocenters. The van der Waals surface area contributed by atoms with Crippen LogP contribution in [0.1, 0.15) is 49.5 Å².